The van der Waals surface area contributed by atoms with Crippen LogP contribution >= 0.6 is 11.8 Å². The van der Waals surface area contributed by atoms with Gasteiger partial charge in [0.05, 0.1) is 5.56 Å². The van der Waals surface area contributed by atoms with Crippen LogP contribution in [0.25, 0.3) is 0 Å². The highest BCUT2D eigenvalue weighted by Crippen LogP contribution is 2.36. The number of amides is 1. The molecule has 1 aliphatic carbocycles. The van der Waals surface area contributed by atoms with Gasteiger partial charge in [-0.2, -0.15) is 11.8 Å². The molecule has 1 amide bonds. The highest BCUT2D eigenvalue weighted by Gasteiger charge is 2.36. The largest absolute Gasteiger partial charge is 0.398 e. The first-order chi connectivity index (χ1) is 9.27. The second-order valence-corrected chi connectivity index (χ2v) is 6.69. The van der Waals surface area contributed by atoms with Crippen LogP contribution < -0.4 is 5.73 Å². The summed E-state index contributed by atoms with van der Waals surface area (Å²) >= 11 is 2.04. The lowest BCUT2D eigenvalue weighted by Gasteiger charge is -2.43. The third kappa shape index (κ3) is 2.46. The highest BCUT2D eigenvalue weighted by molar-refractivity contribution is 8.00. The number of anilines is 1. The summed E-state index contributed by atoms with van der Waals surface area (Å²) in [7, 11) is 0. The van der Waals surface area contributed by atoms with Crippen molar-refractivity contribution in [3.63, 3.8) is 0 Å². The first-order valence-corrected chi connectivity index (χ1v) is 8.09. The maximum absolute atomic E-state index is 12.7. The number of rotatable bonds is 1. The lowest BCUT2D eigenvalue weighted by Crippen LogP contribution is -2.51. The van der Waals surface area contributed by atoms with Crippen LogP contribution in [0.1, 0.15) is 36.0 Å². The Kier molecular flexibility index (Phi) is 3.69. The fraction of sp³-hybridized carbons (Fsp3) is 0.533. The number of nitrogens with two attached hydrogens (primary N) is 1. The van der Waals surface area contributed by atoms with Gasteiger partial charge in [-0.1, -0.05) is 25.0 Å². The number of carbonyl (C=O) groups excluding carboxylic acids is 1. The fourth-order valence-corrected chi connectivity index (χ4v) is 4.64. The van der Waals surface area contributed by atoms with Gasteiger partial charge < -0.3 is 10.6 Å². The summed E-state index contributed by atoms with van der Waals surface area (Å²) in [4.78, 5) is 14.8. The summed E-state index contributed by atoms with van der Waals surface area (Å²) in [5.74, 6) is 1.18. The number of hydrogen-bond donors (Lipinski definition) is 1. The van der Waals surface area contributed by atoms with Gasteiger partial charge in [-0.25, -0.2) is 0 Å². The van der Waals surface area contributed by atoms with Crippen molar-refractivity contribution in [1.29, 1.82) is 0 Å². The van der Waals surface area contributed by atoms with Gasteiger partial charge in [0.25, 0.3) is 5.91 Å². The van der Waals surface area contributed by atoms with E-state index in [1.807, 2.05) is 36.0 Å². The predicted octanol–water partition coefficient (Wildman–Crippen LogP) is 2.77. The molecule has 1 aliphatic heterocycles. The number of nitrogens with zero attached hydrogens (tertiary/aromatic N) is 1. The molecule has 3 nitrogen and oxygen atoms in total. The predicted molar refractivity (Wildman–Crippen MR) is 80.4 cm³/mol. The smallest absolute Gasteiger partial charge is 0.256 e. The van der Waals surface area contributed by atoms with E-state index in [4.69, 9.17) is 5.73 Å². The van der Waals surface area contributed by atoms with Gasteiger partial charge in [0.15, 0.2) is 0 Å². The molecule has 3 rings (SSSR count). The maximum Gasteiger partial charge on any atom is 0.256 e. The van der Waals surface area contributed by atoms with E-state index in [0.29, 0.717) is 22.5 Å². The molecule has 19 heavy (non-hydrogen) atoms. The molecule has 1 saturated carbocycles. The van der Waals surface area contributed by atoms with Crippen molar-refractivity contribution in [3.8, 4) is 0 Å². The molecule has 102 valence electrons. The second kappa shape index (κ2) is 5.45. The van der Waals surface area contributed by atoms with Crippen molar-refractivity contribution < 1.29 is 4.79 Å². The molecule has 1 saturated heterocycles. The normalized spacial score (nSPS) is 26.8. The topological polar surface area (TPSA) is 46.3 Å². The molecule has 2 fully saturated rings. The average Bonchev–Trinajstić information content (AvgIpc) is 2.46. The Bertz CT molecular complexity index is 475. The zero-order valence-electron chi connectivity index (χ0n) is 11.0. The molecule has 2 unspecified atom stereocenters. The van der Waals surface area contributed by atoms with E-state index in [1.54, 1.807) is 0 Å². The molecule has 1 aromatic carbocycles. The standard InChI is InChI=1S/C15H20N2OS/c16-12-6-2-1-5-11(12)15(18)17-9-10-19-14-8-4-3-7-13(14)17/h1-2,5-6,13-14H,3-4,7-10,16H2. The molecular formula is C15H20N2OS. The van der Waals surface area contributed by atoms with Crippen LogP contribution in [0.15, 0.2) is 24.3 Å². The van der Waals surface area contributed by atoms with Gasteiger partial charge in [0.1, 0.15) is 0 Å². The molecule has 1 heterocycles. The third-order valence-corrected chi connectivity index (χ3v) is 5.58. The number of hydrogen-bond acceptors (Lipinski definition) is 3. The molecule has 4 heteroatoms. The average molecular weight is 276 g/mol. The first kappa shape index (κ1) is 12.9. The van der Waals surface area contributed by atoms with Gasteiger partial charge in [0.2, 0.25) is 0 Å². The summed E-state index contributed by atoms with van der Waals surface area (Å²) in [5, 5.41) is 0.636. The van der Waals surface area contributed by atoms with Crippen LogP contribution in [0.4, 0.5) is 5.69 Å². The van der Waals surface area contributed by atoms with Crippen LogP contribution in [-0.2, 0) is 0 Å². The van der Waals surface area contributed by atoms with E-state index < -0.39 is 0 Å². The van der Waals surface area contributed by atoms with Crippen LogP contribution in [0, 0.1) is 0 Å². The Morgan fingerprint density at radius 1 is 1.26 bits per heavy atom. The minimum Gasteiger partial charge on any atom is -0.398 e. The quantitative estimate of drug-likeness (QED) is 0.802. The van der Waals surface area contributed by atoms with E-state index >= 15 is 0 Å². The molecule has 0 radical (unpaired) electrons. The molecule has 2 N–H and O–H groups in total. The number of para-hydroxylation sites is 1. The molecule has 2 aliphatic rings. The summed E-state index contributed by atoms with van der Waals surface area (Å²) in [5.41, 5.74) is 7.20. The molecule has 2 atom stereocenters. The second-order valence-electron chi connectivity index (χ2n) is 5.35. The number of thioether (sulfide) groups is 1. The maximum atomic E-state index is 12.7. The first-order valence-electron chi connectivity index (χ1n) is 7.04. The van der Waals surface area contributed by atoms with E-state index in [-0.39, 0.29) is 5.91 Å². The molecule has 1 aromatic rings. The third-order valence-electron chi connectivity index (χ3n) is 4.18. The van der Waals surface area contributed by atoms with Crippen LogP contribution in [0.3, 0.4) is 0 Å². The Balaban J connectivity index is 1.84. The highest BCUT2D eigenvalue weighted by atomic mass is 32.2. The van der Waals surface area contributed by atoms with Crippen LogP contribution in [0.5, 0.6) is 0 Å². The molecule has 0 bridgehead atoms. The fourth-order valence-electron chi connectivity index (χ4n) is 3.20. The van der Waals surface area contributed by atoms with Gasteiger partial charge in [-0.05, 0) is 25.0 Å². The molecule has 0 aromatic heterocycles. The minimum absolute atomic E-state index is 0.121. The van der Waals surface area contributed by atoms with Gasteiger partial charge in [-0.15, -0.1) is 0 Å². The monoisotopic (exact) mass is 276 g/mol. The van der Waals surface area contributed by atoms with Crippen molar-refractivity contribution >= 4 is 23.4 Å². The Labute approximate surface area is 118 Å². The molecular weight excluding hydrogens is 256 g/mol. The number of fused-ring (bicyclic) bond motifs is 1. The molecule has 0 spiro atoms. The Morgan fingerprint density at radius 2 is 2.05 bits per heavy atom. The van der Waals surface area contributed by atoms with E-state index in [0.717, 1.165) is 18.7 Å². The van der Waals surface area contributed by atoms with Crippen molar-refractivity contribution in [2.75, 3.05) is 18.0 Å². The summed E-state index contributed by atoms with van der Waals surface area (Å²) in [6.45, 7) is 0.860. The Hall–Kier alpha value is -1.16. The lowest BCUT2D eigenvalue weighted by atomic mass is 9.92. The lowest BCUT2D eigenvalue weighted by molar-refractivity contribution is 0.0647. The van der Waals surface area contributed by atoms with Crippen molar-refractivity contribution in [2.45, 2.75) is 37.0 Å². The van der Waals surface area contributed by atoms with E-state index in [1.165, 1.54) is 19.3 Å². The van der Waals surface area contributed by atoms with Gasteiger partial charge >= 0.3 is 0 Å². The van der Waals surface area contributed by atoms with Crippen molar-refractivity contribution in [1.82, 2.24) is 4.90 Å². The van der Waals surface area contributed by atoms with Crippen molar-refractivity contribution in [2.24, 2.45) is 0 Å². The van der Waals surface area contributed by atoms with Gasteiger partial charge in [0, 0.05) is 29.3 Å². The van der Waals surface area contributed by atoms with Crippen LogP contribution in [-0.4, -0.2) is 34.4 Å². The van der Waals surface area contributed by atoms with Crippen molar-refractivity contribution in [3.05, 3.63) is 29.8 Å². The SMILES string of the molecule is Nc1ccccc1C(=O)N1CCSC2CCCCC21. The summed E-state index contributed by atoms with van der Waals surface area (Å²) < 4.78 is 0. The van der Waals surface area contributed by atoms with Gasteiger partial charge in [-0.3, -0.25) is 4.79 Å². The van der Waals surface area contributed by atoms with E-state index in [2.05, 4.69) is 4.90 Å². The summed E-state index contributed by atoms with van der Waals surface area (Å²) in [6, 6.07) is 7.84. The Morgan fingerprint density at radius 3 is 2.89 bits per heavy atom. The number of benzene rings is 1. The van der Waals surface area contributed by atoms with E-state index in [9.17, 15) is 4.79 Å². The number of nitrogen functional groups attached to an aromatic ring is 1. The zero-order chi connectivity index (χ0) is 13.2. The number of carbonyl (C=O) groups is 1. The van der Waals surface area contributed by atoms with Crippen LogP contribution in [0.2, 0.25) is 0 Å². The summed E-state index contributed by atoms with van der Waals surface area (Å²) in [6.07, 6.45) is 4.96. The zero-order valence-corrected chi connectivity index (χ0v) is 11.9. The minimum atomic E-state index is 0.121.